The van der Waals surface area contributed by atoms with Crippen molar-refractivity contribution < 1.29 is 14.3 Å². The molecule has 4 aromatic rings. The molecule has 8 nitrogen and oxygen atoms in total. The monoisotopic (exact) mass is 493 g/mol. The van der Waals surface area contributed by atoms with Crippen molar-refractivity contribution in [3.8, 4) is 28.6 Å². The second kappa shape index (κ2) is 10.1. The highest BCUT2D eigenvalue weighted by atomic mass is 35.5. The molecule has 1 atom stereocenters. The lowest BCUT2D eigenvalue weighted by molar-refractivity contribution is -0.119. The van der Waals surface area contributed by atoms with Gasteiger partial charge in [0.2, 0.25) is 5.91 Å². The Hall–Kier alpha value is -3.56. The minimum atomic E-state index is -0.250. The number of carbonyl (C=O) groups excluding carboxylic acids is 1. The van der Waals surface area contributed by atoms with E-state index in [9.17, 15) is 4.79 Å². The molecule has 1 N–H and O–H groups in total. The first-order valence-corrected chi connectivity index (χ1v) is 11.9. The van der Waals surface area contributed by atoms with E-state index in [0.29, 0.717) is 40.7 Å². The molecule has 172 valence electrons. The number of hydrogen-bond donors (Lipinski definition) is 1. The van der Waals surface area contributed by atoms with Gasteiger partial charge in [0.15, 0.2) is 22.5 Å². The number of benzene rings is 2. The Kier molecular flexibility index (Phi) is 6.64. The van der Waals surface area contributed by atoms with E-state index in [1.165, 1.54) is 11.8 Å². The standard InChI is InChI=1S/C24H20ClN5O3S/c25-17-5-7-18(8-6-17)30-23(16-9-11-26-12-10-16)28-29-24(30)34-15-22(31)27-13-19-14-32-20-3-1-2-4-21(20)33-19/h1-12,19H,13-15H2,(H,27,31)/t19-/m0/s1. The highest BCUT2D eigenvalue weighted by Gasteiger charge is 2.22. The van der Waals surface area contributed by atoms with Gasteiger partial charge >= 0.3 is 0 Å². The number of thioether (sulfide) groups is 1. The number of halogens is 1. The van der Waals surface area contributed by atoms with Crippen LogP contribution in [0, 0.1) is 0 Å². The predicted octanol–water partition coefficient (Wildman–Crippen LogP) is 4.03. The molecule has 1 amide bonds. The van der Waals surface area contributed by atoms with Gasteiger partial charge in [-0.2, -0.15) is 0 Å². The molecule has 0 radical (unpaired) electrons. The third kappa shape index (κ3) is 5.00. The van der Waals surface area contributed by atoms with Gasteiger partial charge < -0.3 is 14.8 Å². The molecule has 0 saturated heterocycles. The largest absolute Gasteiger partial charge is 0.486 e. The van der Waals surface area contributed by atoms with E-state index in [2.05, 4.69) is 20.5 Å². The first kappa shape index (κ1) is 22.2. The maximum absolute atomic E-state index is 12.6. The molecule has 0 spiro atoms. The quantitative estimate of drug-likeness (QED) is 0.388. The number of carbonyl (C=O) groups is 1. The third-order valence-corrected chi connectivity index (χ3v) is 6.26. The van der Waals surface area contributed by atoms with Crippen LogP contribution >= 0.6 is 23.4 Å². The SMILES string of the molecule is O=C(CSc1nnc(-c2ccncc2)n1-c1ccc(Cl)cc1)NC[C@H]1COc2ccccc2O1. The van der Waals surface area contributed by atoms with Crippen molar-refractivity contribution in [1.82, 2.24) is 25.1 Å². The lowest BCUT2D eigenvalue weighted by Crippen LogP contribution is -2.41. The van der Waals surface area contributed by atoms with Gasteiger partial charge in [0, 0.05) is 28.7 Å². The first-order chi connectivity index (χ1) is 16.7. The minimum absolute atomic E-state index is 0.136. The Morgan fingerprint density at radius 3 is 2.62 bits per heavy atom. The van der Waals surface area contributed by atoms with Crippen molar-refractivity contribution in [2.75, 3.05) is 18.9 Å². The predicted molar refractivity (Wildman–Crippen MR) is 130 cm³/mol. The second-order valence-corrected chi connectivity index (χ2v) is 8.82. The van der Waals surface area contributed by atoms with Crippen molar-refractivity contribution in [2.45, 2.75) is 11.3 Å². The summed E-state index contributed by atoms with van der Waals surface area (Å²) in [5.41, 5.74) is 1.71. The lowest BCUT2D eigenvalue weighted by atomic mass is 10.2. The van der Waals surface area contributed by atoms with Crippen LogP contribution in [-0.2, 0) is 4.79 Å². The Morgan fingerprint density at radius 2 is 1.82 bits per heavy atom. The van der Waals surface area contributed by atoms with E-state index in [-0.39, 0.29) is 17.8 Å². The topological polar surface area (TPSA) is 91.2 Å². The molecule has 3 heterocycles. The average molecular weight is 494 g/mol. The van der Waals surface area contributed by atoms with Crippen LogP contribution < -0.4 is 14.8 Å². The van der Waals surface area contributed by atoms with Crippen LogP contribution in [0.1, 0.15) is 0 Å². The molecule has 0 unspecified atom stereocenters. The smallest absolute Gasteiger partial charge is 0.230 e. The zero-order valence-corrected chi connectivity index (χ0v) is 19.5. The molecule has 2 aromatic carbocycles. The Labute approximate surface area is 205 Å². The molecule has 0 saturated carbocycles. The maximum Gasteiger partial charge on any atom is 0.230 e. The lowest BCUT2D eigenvalue weighted by Gasteiger charge is -2.26. The summed E-state index contributed by atoms with van der Waals surface area (Å²) < 4.78 is 13.5. The van der Waals surface area contributed by atoms with E-state index in [0.717, 1.165) is 11.3 Å². The number of para-hydroxylation sites is 2. The van der Waals surface area contributed by atoms with E-state index >= 15 is 0 Å². The van der Waals surface area contributed by atoms with Crippen LogP contribution in [0.3, 0.4) is 0 Å². The molecule has 2 aromatic heterocycles. The summed E-state index contributed by atoms with van der Waals surface area (Å²) in [7, 11) is 0. The number of amides is 1. The summed E-state index contributed by atoms with van der Waals surface area (Å²) >= 11 is 7.37. The van der Waals surface area contributed by atoms with Gasteiger partial charge in [0.1, 0.15) is 12.7 Å². The minimum Gasteiger partial charge on any atom is -0.486 e. The van der Waals surface area contributed by atoms with E-state index in [1.54, 1.807) is 24.5 Å². The van der Waals surface area contributed by atoms with Crippen molar-refractivity contribution in [3.05, 3.63) is 78.1 Å². The van der Waals surface area contributed by atoms with Crippen LogP contribution in [0.4, 0.5) is 0 Å². The zero-order chi connectivity index (χ0) is 23.3. The van der Waals surface area contributed by atoms with Crippen molar-refractivity contribution in [1.29, 1.82) is 0 Å². The fourth-order valence-corrected chi connectivity index (χ4v) is 4.35. The first-order valence-electron chi connectivity index (χ1n) is 10.6. The van der Waals surface area contributed by atoms with Crippen LogP contribution in [0.15, 0.2) is 78.2 Å². The number of nitrogens with zero attached hydrogens (tertiary/aromatic N) is 4. The van der Waals surface area contributed by atoms with Gasteiger partial charge in [-0.15, -0.1) is 10.2 Å². The van der Waals surface area contributed by atoms with E-state index in [4.69, 9.17) is 21.1 Å². The normalized spacial score (nSPS) is 14.6. The molecular weight excluding hydrogens is 474 g/mol. The molecular formula is C24H20ClN5O3S. The van der Waals surface area contributed by atoms with Crippen LogP contribution in [0.25, 0.3) is 17.1 Å². The van der Waals surface area contributed by atoms with Gasteiger partial charge in [0.05, 0.1) is 12.3 Å². The van der Waals surface area contributed by atoms with Gasteiger partial charge in [-0.05, 0) is 48.5 Å². The highest BCUT2D eigenvalue weighted by Crippen LogP contribution is 2.31. The maximum atomic E-state index is 12.6. The van der Waals surface area contributed by atoms with Crippen LogP contribution in [0.5, 0.6) is 11.5 Å². The van der Waals surface area contributed by atoms with Crippen molar-refractivity contribution in [2.24, 2.45) is 0 Å². The second-order valence-electron chi connectivity index (χ2n) is 7.44. The van der Waals surface area contributed by atoms with Crippen LogP contribution in [0.2, 0.25) is 5.02 Å². The Morgan fingerprint density at radius 1 is 1.06 bits per heavy atom. The van der Waals surface area contributed by atoms with Gasteiger partial charge in [-0.1, -0.05) is 35.5 Å². The summed E-state index contributed by atoms with van der Waals surface area (Å²) in [5, 5.41) is 12.8. The van der Waals surface area contributed by atoms with E-state index in [1.807, 2.05) is 53.1 Å². The highest BCUT2D eigenvalue weighted by molar-refractivity contribution is 7.99. The fraction of sp³-hybridized carbons (Fsp3) is 0.167. The van der Waals surface area contributed by atoms with Gasteiger partial charge in [-0.25, -0.2) is 0 Å². The number of hydrogen-bond acceptors (Lipinski definition) is 7. The molecule has 0 bridgehead atoms. The van der Waals surface area contributed by atoms with Crippen molar-refractivity contribution >= 4 is 29.3 Å². The molecule has 1 aliphatic rings. The molecule has 1 aliphatic heterocycles. The molecule has 0 fully saturated rings. The number of nitrogens with one attached hydrogen (secondary N) is 1. The number of pyridine rings is 1. The summed E-state index contributed by atoms with van der Waals surface area (Å²) in [6, 6.07) is 18.6. The summed E-state index contributed by atoms with van der Waals surface area (Å²) in [5.74, 6) is 2.09. The fourth-order valence-electron chi connectivity index (χ4n) is 3.45. The third-order valence-electron chi connectivity index (χ3n) is 5.08. The summed E-state index contributed by atoms with van der Waals surface area (Å²) in [6.07, 6.45) is 3.15. The van der Waals surface area contributed by atoms with Gasteiger partial charge in [0.25, 0.3) is 0 Å². The zero-order valence-electron chi connectivity index (χ0n) is 17.9. The summed E-state index contributed by atoms with van der Waals surface area (Å²) in [4.78, 5) is 16.6. The van der Waals surface area contributed by atoms with Crippen molar-refractivity contribution in [3.63, 3.8) is 0 Å². The molecule has 5 rings (SSSR count). The van der Waals surface area contributed by atoms with Crippen LogP contribution in [-0.4, -0.2) is 50.7 Å². The molecule has 34 heavy (non-hydrogen) atoms. The molecule has 0 aliphatic carbocycles. The Balaban J connectivity index is 1.26. The Bertz CT molecular complexity index is 1280. The number of aromatic nitrogens is 4. The number of ether oxygens (including phenoxy) is 2. The average Bonchev–Trinajstić information content (AvgIpc) is 3.31. The summed E-state index contributed by atoms with van der Waals surface area (Å²) in [6.45, 7) is 0.727. The number of fused-ring (bicyclic) bond motifs is 1. The number of rotatable bonds is 7. The molecule has 10 heteroatoms. The van der Waals surface area contributed by atoms with E-state index < -0.39 is 0 Å². The van der Waals surface area contributed by atoms with Gasteiger partial charge in [-0.3, -0.25) is 14.3 Å².